The molecule has 0 aromatic heterocycles. The molecule has 4 nitrogen and oxygen atoms in total. The van der Waals surface area contributed by atoms with Crippen LogP contribution < -0.4 is 0 Å². The zero-order valence-corrected chi connectivity index (χ0v) is 15.1. The lowest BCUT2D eigenvalue weighted by Crippen LogP contribution is -2.39. The van der Waals surface area contributed by atoms with Gasteiger partial charge in [-0.05, 0) is 30.0 Å². The molecule has 0 bridgehead atoms. The fraction of sp³-hybridized carbons (Fsp3) is 0.375. The van der Waals surface area contributed by atoms with E-state index in [2.05, 4.69) is 6.92 Å². The maximum absolute atomic E-state index is 12.6. The van der Waals surface area contributed by atoms with Gasteiger partial charge in [0, 0.05) is 0 Å². The van der Waals surface area contributed by atoms with Gasteiger partial charge in [-0.15, -0.1) is 0 Å². The highest BCUT2D eigenvalue weighted by atomic mass is 32.2. The third-order valence-corrected chi connectivity index (χ3v) is 7.16. The molecule has 0 spiro atoms. The van der Waals surface area contributed by atoms with Gasteiger partial charge in [0.05, 0.1) is 22.5 Å². The Balaban J connectivity index is 1.81. The van der Waals surface area contributed by atoms with Gasteiger partial charge in [0.25, 0.3) is 5.91 Å². The number of sulfone groups is 1. The zero-order valence-electron chi connectivity index (χ0n) is 12.7. The normalized spacial score (nSPS) is 25.5. The molecular weight excluding hydrogens is 350 g/mol. The number of thiocarbonyl (C=S) groups is 1. The second-order valence-corrected chi connectivity index (χ2v) is 9.61. The summed E-state index contributed by atoms with van der Waals surface area (Å²) in [6.45, 7) is 2.09. The lowest BCUT2D eigenvalue weighted by Gasteiger charge is -2.20. The first-order chi connectivity index (χ1) is 10.9. The maximum atomic E-state index is 12.6. The summed E-state index contributed by atoms with van der Waals surface area (Å²) in [7, 11) is -3.05. The molecule has 0 unspecified atom stereocenters. The Bertz CT molecular complexity index is 781. The third kappa shape index (κ3) is 3.51. The van der Waals surface area contributed by atoms with Crippen molar-refractivity contribution in [2.75, 3.05) is 11.5 Å². The van der Waals surface area contributed by atoms with Gasteiger partial charge in [-0.1, -0.05) is 55.2 Å². The number of carbonyl (C=O) groups excluding carboxylic acids is 1. The topological polar surface area (TPSA) is 54.5 Å². The van der Waals surface area contributed by atoms with Crippen LogP contribution in [-0.2, 0) is 21.1 Å². The van der Waals surface area contributed by atoms with E-state index in [1.165, 1.54) is 22.2 Å². The van der Waals surface area contributed by atoms with E-state index in [0.717, 1.165) is 12.0 Å². The summed E-state index contributed by atoms with van der Waals surface area (Å²) in [5, 5.41) is 0. The van der Waals surface area contributed by atoms with E-state index < -0.39 is 9.84 Å². The number of benzene rings is 1. The molecule has 2 aliphatic rings. The molecule has 1 amide bonds. The van der Waals surface area contributed by atoms with Crippen molar-refractivity contribution in [3.05, 3.63) is 40.3 Å². The zero-order chi connectivity index (χ0) is 16.6. The van der Waals surface area contributed by atoms with Crippen molar-refractivity contribution in [3.63, 3.8) is 0 Å². The minimum Gasteiger partial charge on any atom is -0.289 e. The summed E-state index contributed by atoms with van der Waals surface area (Å²) >= 11 is 6.54. The van der Waals surface area contributed by atoms with Gasteiger partial charge in [0.1, 0.15) is 4.32 Å². The monoisotopic (exact) mass is 367 g/mol. The fourth-order valence-corrected chi connectivity index (χ4v) is 5.87. The standard InChI is InChI=1S/C16H17NO3S3/c1-2-11-3-5-12(6-4-11)9-14-15(18)17(16(21)22-14)13-7-8-23(19,20)10-13/h3-6,9,13H,2,7-8,10H2,1H3/b14-9+/t13-/m1/s1. The molecule has 3 rings (SSSR count). The molecule has 7 heteroatoms. The van der Waals surface area contributed by atoms with Crippen LogP contribution in [0.2, 0.25) is 0 Å². The third-order valence-electron chi connectivity index (χ3n) is 4.08. The average molecular weight is 368 g/mol. The van der Waals surface area contributed by atoms with Crippen LogP contribution in [0, 0.1) is 0 Å². The first kappa shape index (κ1) is 16.7. The molecule has 0 saturated carbocycles. The number of carbonyl (C=O) groups is 1. The minimum atomic E-state index is -3.05. The Morgan fingerprint density at radius 1 is 1.35 bits per heavy atom. The number of thioether (sulfide) groups is 1. The molecule has 2 heterocycles. The molecule has 23 heavy (non-hydrogen) atoms. The van der Waals surface area contributed by atoms with E-state index in [4.69, 9.17) is 12.2 Å². The number of aryl methyl sites for hydroxylation is 1. The van der Waals surface area contributed by atoms with Crippen LogP contribution in [0.1, 0.15) is 24.5 Å². The maximum Gasteiger partial charge on any atom is 0.266 e. The predicted octanol–water partition coefficient (Wildman–Crippen LogP) is 2.64. The molecule has 2 saturated heterocycles. The van der Waals surface area contributed by atoms with E-state index >= 15 is 0 Å². The summed E-state index contributed by atoms with van der Waals surface area (Å²) < 4.78 is 23.7. The van der Waals surface area contributed by atoms with E-state index in [-0.39, 0.29) is 23.5 Å². The smallest absolute Gasteiger partial charge is 0.266 e. The van der Waals surface area contributed by atoms with Crippen LogP contribution >= 0.6 is 24.0 Å². The number of hydrogen-bond acceptors (Lipinski definition) is 5. The van der Waals surface area contributed by atoms with Crippen molar-refractivity contribution < 1.29 is 13.2 Å². The lowest BCUT2D eigenvalue weighted by atomic mass is 10.1. The van der Waals surface area contributed by atoms with E-state index in [1.807, 2.05) is 30.3 Å². The Labute approximate surface area is 145 Å². The molecule has 0 aliphatic carbocycles. The molecule has 0 N–H and O–H groups in total. The van der Waals surface area contributed by atoms with Crippen molar-refractivity contribution in [1.82, 2.24) is 4.90 Å². The Morgan fingerprint density at radius 2 is 2.04 bits per heavy atom. The molecule has 2 aliphatic heterocycles. The van der Waals surface area contributed by atoms with Gasteiger partial charge < -0.3 is 0 Å². The second-order valence-electron chi connectivity index (χ2n) is 5.70. The predicted molar refractivity (Wildman–Crippen MR) is 97.9 cm³/mol. The summed E-state index contributed by atoms with van der Waals surface area (Å²) in [4.78, 5) is 14.6. The highest BCUT2D eigenvalue weighted by Gasteiger charge is 2.42. The minimum absolute atomic E-state index is 0.0118. The summed E-state index contributed by atoms with van der Waals surface area (Å²) in [6, 6.07) is 7.71. The van der Waals surface area contributed by atoms with Crippen molar-refractivity contribution in [1.29, 1.82) is 0 Å². The number of hydrogen-bond donors (Lipinski definition) is 0. The van der Waals surface area contributed by atoms with Gasteiger partial charge >= 0.3 is 0 Å². The largest absolute Gasteiger partial charge is 0.289 e. The van der Waals surface area contributed by atoms with E-state index in [1.54, 1.807) is 0 Å². The second kappa shape index (κ2) is 6.37. The average Bonchev–Trinajstić information content (AvgIpc) is 2.99. The van der Waals surface area contributed by atoms with Crippen molar-refractivity contribution >= 4 is 50.1 Å². The van der Waals surface area contributed by atoms with Crippen LogP contribution in [0.25, 0.3) is 6.08 Å². The quantitative estimate of drug-likeness (QED) is 0.607. The molecule has 1 atom stereocenters. The fourth-order valence-electron chi connectivity index (χ4n) is 2.77. The Morgan fingerprint density at radius 3 is 2.61 bits per heavy atom. The number of nitrogens with zero attached hydrogens (tertiary/aromatic N) is 1. The molecule has 122 valence electrons. The van der Waals surface area contributed by atoms with Crippen LogP contribution in [-0.4, -0.2) is 41.1 Å². The van der Waals surface area contributed by atoms with Crippen molar-refractivity contribution in [2.45, 2.75) is 25.8 Å². The first-order valence-electron chi connectivity index (χ1n) is 7.46. The molecule has 1 aromatic carbocycles. The van der Waals surface area contributed by atoms with Crippen LogP contribution in [0.15, 0.2) is 29.2 Å². The highest BCUT2D eigenvalue weighted by molar-refractivity contribution is 8.26. The molecule has 0 radical (unpaired) electrons. The van der Waals surface area contributed by atoms with Gasteiger partial charge in [-0.2, -0.15) is 0 Å². The number of rotatable bonds is 3. The Hall–Kier alpha value is -1.18. The van der Waals surface area contributed by atoms with Crippen LogP contribution in [0.3, 0.4) is 0 Å². The molecule has 2 fully saturated rings. The van der Waals surface area contributed by atoms with Crippen molar-refractivity contribution in [3.8, 4) is 0 Å². The van der Waals surface area contributed by atoms with Gasteiger partial charge in [0.2, 0.25) is 0 Å². The summed E-state index contributed by atoms with van der Waals surface area (Å²) in [6.07, 6.45) is 3.26. The Kier molecular flexibility index (Phi) is 4.62. The highest BCUT2D eigenvalue weighted by Crippen LogP contribution is 2.36. The van der Waals surface area contributed by atoms with Crippen LogP contribution in [0.5, 0.6) is 0 Å². The number of amides is 1. The summed E-state index contributed by atoms with van der Waals surface area (Å²) in [5.74, 6) is -0.0360. The summed E-state index contributed by atoms with van der Waals surface area (Å²) in [5.41, 5.74) is 2.19. The first-order valence-corrected chi connectivity index (χ1v) is 10.5. The van der Waals surface area contributed by atoms with E-state index in [0.29, 0.717) is 15.6 Å². The molecule has 1 aromatic rings. The van der Waals surface area contributed by atoms with Crippen molar-refractivity contribution in [2.24, 2.45) is 0 Å². The van der Waals surface area contributed by atoms with Gasteiger partial charge in [0.15, 0.2) is 9.84 Å². The lowest BCUT2D eigenvalue weighted by molar-refractivity contribution is -0.123. The van der Waals surface area contributed by atoms with Gasteiger partial charge in [-0.3, -0.25) is 9.69 Å². The SMILES string of the molecule is CCc1ccc(/C=C2/SC(=S)N([C@@H]3CCS(=O)(=O)C3)C2=O)cc1. The van der Waals surface area contributed by atoms with Gasteiger partial charge in [-0.25, -0.2) is 8.42 Å². The van der Waals surface area contributed by atoms with Crippen LogP contribution in [0.4, 0.5) is 0 Å². The molecular formula is C16H17NO3S3. The van der Waals surface area contributed by atoms with E-state index in [9.17, 15) is 13.2 Å².